The summed E-state index contributed by atoms with van der Waals surface area (Å²) < 4.78 is 3.30. The highest BCUT2D eigenvalue weighted by molar-refractivity contribution is 9.10. The van der Waals surface area contributed by atoms with Crippen molar-refractivity contribution in [2.75, 3.05) is 7.05 Å². The number of halogens is 1. The minimum atomic E-state index is 0.462. The van der Waals surface area contributed by atoms with Crippen LogP contribution in [0.5, 0.6) is 0 Å². The molecular formula is C16H20BrN3. The zero-order valence-electron chi connectivity index (χ0n) is 11.8. The van der Waals surface area contributed by atoms with Gasteiger partial charge >= 0.3 is 0 Å². The summed E-state index contributed by atoms with van der Waals surface area (Å²) in [5.74, 6) is 0. The van der Waals surface area contributed by atoms with E-state index in [4.69, 9.17) is 0 Å². The lowest BCUT2D eigenvalue weighted by Gasteiger charge is -2.13. The molecule has 1 aromatic carbocycles. The van der Waals surface area contributed by atoms with Crippen LogP contribution in [0.3, 0.4) is 0 Å². The Morgan fingerprint density at radius 3 is 3.10 bits per heavy atom. The molecule has 1 aromatic heterocycles. The third kappa shape index (κ3) is 2.81. The molecule has 4 heteroatoms. The predicted molar refractivity (Wildman–Crippen MR) is 84.8 cm³/mol. The molecular weight excluding hydrogens is 314 g/mol. The van der Waals surface area contributed by atoms with Crippen LogP contribution in [0.1, 0.15) is 42.1 Å². The second kappa shape index (κ2) is 6.10. The lowest BCUT2D eigenvalue weighted by molar-refractivity contribution is 0.532. The first kappa shape index (κ1) is 13.8. The van der Waals surface area contributed by atoms with Crippen LogP contribution < -0.4 is 5.32 Å². The van der Waals surface area contributed by atoms with Crippen molar-refractivity contribution in [3.63, 3.8) is 0 Å². The molecule has 0 amide bonds. The highest BCUT2D eigenvalue weighted by Crippen LogP contribution is 2.28. The van der Waals surface area contributed by atoms with Gasteiger partial charge in [-0.1, -0.05) is 34.5 Å². The summed E-state index contributed by atoms with van der Waals surface area (Å²) >= 11 is 3.53. The average Bonchev–Trinajstić information content (AvgIpc) is 2.71. The molecule has 1 atom stereocenters. The molecule has 0 spiro atoms. The fraction of sp³-hybridized carbons (Fsp3) is 0.438. The molecule has 0 radical (unpaired) electrons. The van der Waals surface area contributed by atoms with Crippen molar-refractivity contribution in [3.05, 3.63) is 51.8 Å². The molecule has 106 valence electrons. The third-order valence-electron chi connectivity index (χ3n) is 4.08. The fourth-order valence-electron chi connectivity index (χ4n) is 3.03. The summed E-state index contributed by atoms with van der Waals surface area (Å²) in [4.78, 5) is 0. The van der Waals surface area contributed by atoms with E-state index in [-0.39, 0.29) is 0 Å². The molecule has 0 fully saturated rings. The van der Waals surface area contributed by atoms with Crippen LogP contribution in [-0.2, 0) is 13.0 Å². The Labute approximate surface area is 128 Å². The molecule has 3 rings (SSSR count). The van der Waals surface area contributed by atoms with Crippen LogP contribution in [-0.4, -0.2) is 16.8 Å². The number of fused-ring (bicyclic) bond motifs is 1. The van der Waals surface area contributed by atoms with Crippen molar-refractivity contribution < 1.29 is 0 Å². The van der Waals surface area contributed by atoms with Gasteiger partial charge in [-0.05, 0) is 44.0 Å². The molecule has 1 aliphatic rings. The van der Waals surface area contributed by atoms with Crippen molar-refractivity contribution in [2.24, 2.45) is 0 Å². The highest BCUT2D eigenvalue weighted by atomic mass is 79.9. The second-order valence-corrected chi connectivity index (χ2v) is 6.34. The number of hydrogen-bond donors (Lipinski definition) is 1. The number of rotatable bonds is 3. The van der Waals surface area contributed by atoms with E-state index in [0.29, 0.717) is 6.04 Å². The van der Waals surface area contributed by atoms with Crippen molar-refractivity contribution in [3.8, 4) is 0 Å². The second-order valence-electron chi connectivity index (χ2n) is 5.42. The van der Waals surface area contributed by atoms with E-state index >= 15 is 0 Å². The summed E-state index contributed by atoms with van der Waals surface area (Å²) in [6, 6.07) is 8.93. The Balaban J connectivity index is 1.90. The SMILES string of the molecule is CNC1CCCCc2c1cnn2Cc1cccc(Br)c1. The van der Waals surface area contributed by atoms with Crippen molar-refractivity contribution in [1.82, 2.24) is 15.1 Å². The molecule has 20 heavy (non-hydrogen) atoms. The highest BCUT2D eigenvalue weighted by Gasteiger charge is 2.21. The predicted octanol–water partition coefficient (Wildman–Crippen LogP) is 3.68. The molecule has 1 heterocycles. The summed E-state index contributed by atoms with van der Waals surface area (Å²) in [6.07, 6.45) is 6.96. The Morgan fingerprint density at radius 2 is 2.30 bits per heavy atom. The van der Waals surface area contributed by atoms with Crippen molar-refractivity contribution >= 4 is 15.9 Å². The van der Waals surface area contributed by atoms with Gasteiger partial charge in [0.2, 0.25) is 0 Å². The number of nitrogens with one attached hydrogen (secondary N) is 1. The average molecular weight is 334 g/mol. The van der Waals surface area contributed by atoms with Crippen LogP contribution >= 0.6 is 15.9 Å². The normalized spacial score (nSPS) is 18.6. The maximum absolute atomic E-state index is 4.62. The standard InChI is InChI=1S/C16H20BrN3/c1-18-15-7-2-3-8-16-14(15)10-19-20(16)11-12-5-4-6-13(17)9-12/h4-6,9-10,15,18H,2-3,7-8,11H2,1H3. The van der Waals surface area contributed by atoms with Crippen LogP contribution in [0.2, 0.25) is 0 Å². The van der Waals surface area contributed by atoms with E-state index in [1.807, 2.05) is 7.05 Å². The lowest BCUT2D eigenvalue weighted by Crippen LogP contribution is -2.16. The lowest BCUT2D eigenvalue weighted by atomic mass is 10.1. The smallest absolute Gasteiger partial charge is 0.0663 e. The van der Waals surface area contributed by atoms with Gasteiger partial charge in [-0.15, -0.1) is 0 Å². The van der Waals surface area contributed by atoms with E-state index in [2.05, 4.69) is 61.5 Å². The van der Waals surface area contributed by atoms with Gasteiger partial charge in [0.15, 0.2) is 0 Å². The van der Waals surface area contributed by atoms with Crippen LogP contribution in [0, 0.1) is 0 Å². The van der Waals surface area contributed by atoms with E-state index in [1.165, 1.54) is 36.1 Å². The summed E-state index contributed by atoms with van der Waals surface area (Å²) in [7, 11) is 2.05. The van der Waals surface area contributed by atoms with E-state index in [0.717, 1.165) is 17.4 Å². The molecule has 3 nitrogen and oxygen atoms in total. The first-order chi connectivity index (χ1) is 9.78. The fourth-order valence-corrected chi connectivity index (χ4v) is 3.48. The van der Waals surface area contributed by atoms with E-state index in [1.54, 1.807) is 0 Å². The first-order valence-corrected chi connectivity index (χ1v) is 8.03. The van der Waals surface area contributed by atoms with Gasteiger partial charge < -0.3 is 5.32 Å². The minimum Gasteiger partial charge on any atom is -0.313 e. The maximum Gasteiger partial charge on any atom is 0.0663 e. The molecule has 1 aliphatic carbocycles. The summed E-state index contributed by atoms with van der Waals surface area (Å²) in [5.41, 5.74) is 4.08. The molecule has 0 saturated heterocycles. The van der Waals surface area contributed by atoms with Gasteiger partial charge in [0, 0.05) is 21.8 Å². The van der Waals surface area contributed by atoms with E-state index in [9.17, 15) is 0 Å². The molecule has 2 aromatic rings. The maximum atomic E-state index is 4.62. The van der Waals surface area contributed by atoms with Gasteiger partial charge in [0.1, 0.15) is 0 Å². The van der Waals surface area contributed by atoms with Crippen LogP contribution in [0.15, 0.2) is 34.9 Å². The number of hydrogen-bond acceptors (Lipinski definition) is 2. The zero-order chi connectivity index (χ0) is 13.9. The molecule has 1 unspecified atom stereocenters. The van der Waals surface area contributed by atoms with Gasteiger partial charge in [0.25, 0.3) is 0 Å². The number of aromatic nitrogens is 2. The summed E-state index contributed by atoms with van der Waals surface area (Å²) in [5, 5.41) is 8.05. The van der Waals surface area contributed by atoms with Gasteiger partial charge in [-0.3, -0.25) is 4.68 Å². The molecule has 0 saturated carbocycles. The number of nitrogens with zero attached hydrogens (tertiary/aromatic N) is 2. The Morgan fingerprint density at radius 1 is 1.40 bits per heavy atom. The Kier molecular flexibility index (Phi) is 4.22. The molecule has 1 N–H and O–H groups in total. The van der Waals surface area contributed by atoms with Gasteiger partial charge in [-0.2, -0.15) is 5.10 Å². The van der Waals surface area contributed by atoms with Crippen LogP contribution in [0.4, 0.5) is 0 Å². The monoisotopic (exact) mass is 333 g/mol. The minimum absolute atomic E-state index is 0.462. The van der Waals surface area contributed by atoms with Gasteiger partial charge in [0.05, 0.1) is 12.7 Å². The van der Waals surface area contributed by atoms with Gasteiger partial charge in [-0.25, -0.2) is 0 Å². The third-order valence-corrected chi connectivity index (χ3v) is 4.58. The summed E-state index contributed by atoms with van der Waals surface area (Å²) in [6.45, 7) is 0.852. The van der Waals surface area contributed by atoms with E-state index < -0.39 is 0 Å². The molecule has 0 bridgehead atoms. The van der Waals surface area contributed by atoms with Crippen LogP contribution in [0.25, 0.3) is 0 Å². The Hall–Kier alpha value is -1.13. The van der Waals surface area contributed by atoms with Crippen molar-refractivity contribution in [1.29, 1.82) is 0 Å². The zero-order valence-corrected chi connectivity index (χ0v) is 13.4. The first-order valence-electron chi connectivity index (χ1n) is 7.24. The Bertz CT molecular complexity index is 591. The molecule has 0 aliphatic heterocycles. The largest absolute Gasteiger partial charge is 0.313 e. The quantitative estimate of drug-likeness (QED) is 0.868. The number of benzene rings is 1. The van der Waals surface area contributed by atoms with Crippen molar-refractivity contribution in [2.45, 2.75) is 38.3 Å². The topological polar surface area (TPSA) is 29.9 Å².